The summed E-state index contributed by atoms with van der Waals surface area (Å²) in [4.78, 5) is 10.4. The molecular weight excluding hydrogens is 522 g/mol. The fourth-order valence-electron chi connectivity index (χ4n) is 3.19. The normalized spacial score (nSPS) is 21.0. The highest BCUT2D eigenvalue weighted by molar-refractivity contribution is 14.0. The molecule has 29 heavy (non-hydrogen) atoms. The van der Waals surface area contributed by atoms with Crippen LogP contribution in [0.1, 0.15) is 31.7 Å². The minimum atomic E-state index is -4.46. The molecule has 0 radical (unpaired) electrons. The van der Waals surface area contributed by atoms with E-state index in [0.717, 1.165) is 31.5 Å². The van der Waals surface area contributed by atoms with Gasteiger partial charge in [-0.25, -0.2) is 4.98 Å². The van der Waals surface area contributed by atoms with E-state index < -0.39 is 11.7 Å². The van der Waals surface area contributed by atoms with Gasteiger partial charge in [-0.15, -0.1) is 24.0 Å². The number of hydrogen-bond acceptors (Lipinski definition) is 4. The Morgan fingerprint density at radius 3 is 2.72 bits per heavy atom. The molecule has 1 aromatic rings. The van der Waals surface area contributed by atoms with E-state index >= 15 is 0 Å². The first kappa shape index (κ1) is 24.3. The Kier molecular flexibility index (Phi) is 8.25. The molecule has 164 valence electrons. The summed E-state index contributed by atoms with van der Waals surface area (Å²) in [5, 5.41) is 16.0. The molecule has 2 heterocycles. The van der Waals surface area contributed by atoms with Crippen molar-refractivity contribution in [3.8, 4) is 0 Å². The van der Waals surface area contributed by atoms with Crippen LogP contribution in [0.3, 0.4) is 0 Å². The summed E-state index contributed by atoms with van der Waals surface area (Å²) < 4.78 is 38.3. The second-order valence-electron chi connectivity index (χ2n) is 7.46. The van der Waals surface area contributed by atoms with E-state index in [1.54, 1.807) is 0 Å². The van der Waals surface area contributed by atoms with E-state index in [-0.39, 0.29) is 47.1 Å². The third kappa shape index (κ3) is 6.24. The average molecular weight is 548 g/mol. The monoisotopic (exact) mass is 547 g/mol. The molecule has 3 N–H and O–H groups in total. The molecule has 1 aromatic heterocycles. The van der Waals surface area contributed by atoms with Crippen molar-refractivity contribution in [3.63, 3.8) is 0 Å². The summed E-state index contributed by atoms with van der Waals surface area (Å²) in [6.07, 6.45) is -0.885. The van der Waals surface area contributed by atoms with Gasteiger partial charge in [0.1, 0.15) is 5.82 Å². The summed E-state index contributed by atoms with van der Waals surface area (Å²) in [5.41, 5.74) is -0.920. The largest absolute Gasteiger partial charge is 0.417 e. The number of nitrogens with one attached hydrogen (secondary N) is 2. The highest BCUT2D eigenvalue weighted by Gasteiger charge is 2.42. The van der Waals surface area contributed by atoms with Gasteiger partial charge in [0.25, 0.3) is 0 Å². The average Bonchev–Trinajstić information content (AvgIpc) is 3.29. The lowest BCUT2D eigenvalue weighted by Crippen LogP contribution is -2.45. The van der Waals surface area contributed by atoms with E-state index in [4.69, 9.17) is 11.6 Å². The van der Waals surface area contributed by atoms with E-state index in [1.165, 1.54) is 0 Å². The molecule has 1 aliphatic carbocycles. The van der Waals surface area contributed by atoms with Gasteiger partial charge in [-0.05, 0) is 32.3 Å². The lowest BCUT2D eigenvalue weighted by Gasteiger charge is -2.21. The number of rotatable bonds is 6. The number of pyridine rings is 1. The molecule has 2 aliphatic rings. The van der Waals surface area contributed by atoms with Gasteiger partial charge in [0.2, 0.25) is 0 Å². The van der Waals surface area contributed by atoms with Crippen molar-refractivity contribution in [2.45, 2.75) is 38.4 Å². The quantitative estimate of drug-likeness (QED) is 0.290. The van der Waals surface area contributed by atoms with Crippen molar-refractivity contribution in [3.05, 3.63) is 22.8 Å². The van der Waals surface area contributed by atoms with Gasteiger partial charge in [0, 0.05) is 37.3 Å². The zero-order chi connectivity index (χ0) is 20.4. The Morgan fingerprint density at radius 1 is 1.45 bits per heavy atom. The van der Waals surface area contributed by atoms with Gasteiger partial charge >= 0.3 is 6.18 Å². The van der Waals surface area contributed by atoms with E-state index in [2.05, 4.69) is 20.6 Å². The van der Waals surface area contributed by atoms with Crippen LogP contribution in [-0.4, -0.2) is 54.9 Å². The molecule has 1 atom stereocenters. The van der Waals surface area contributed by atoms with Crippen LogP contribution in [0.5, 0.6) is 0 Å². The molecule has 1 saturated carbocycles. The first-order valence-electron chi connectivity index (χ1n) is 9.40. The molecule has 0 aromatic carbocycles. The number of aliphatic hydroxyl groups excluding tert-OH is 1. The number of nitrogens with zero attached hydrogens (tertiary/aromatic N) is 3. The summed E-state index contributed by atoms with van der Waals surface area (Å²) in [5.74, 6) is 1.04. The topological polar surface area (TPSA) is 72.8 Å². The molecule has 1 unspecified atom stereocenters. The third-order valence-corrected chi connectivity index (χ3v) is 5.47. The third-order valence-electron chi connectivity index (χ3n) is 5.19. The molecule has 2 fully saturated rings. The fraction of sp³-hybridized carbons (Fsp3) is 0.667. The Labute approximate surface area is 190 Å². The Morgan fingerprint density at radius 2 is 2.17 bits per heavy atom. The zero-order valence-electron chi connectivity index (χ0n) is 16.1. The van der Waals surface area contributed by atoms with Crippen LogP contribution in [0.25, 0.3) is 0 Å². The lowest BCUT2D eigenvalue weighted by atomic mass is 10.1. The van der Waals surface area contributed by atoms with Crippen molar-refractivity contribution in [1.82, 2.24) is 15.6 Å². The van der Waals surface area contributed by atoms with E-state index in [1.807, 2.05) is 11.8 Å². The van der Waals surface area contributed by atoms with Crippen LogP contribution in [0.2, 0.25) is 5.02 Å². The van der Waals surface area contributed by atoms with Crippen LogP contribution in [-0.2, 0) is 6.18 Å². The number of aromatic nitrogens is 1. The van der Waals surface area contributed by atoms with Crippen molar-refractivity contribution in [2.24, 2.45) is 10.4 Å². The number of aliphatic hydroxyl groups is 1. The maximum absolute atomic E-state index is 12.8. The Hall–Kier alpha value is -1.01. The maximum Gasteiger partial charge on any atom is 0.417 e. The molecule has 0 bridgehead atoms. The molecule has 1 aliphatic heterocycles. The summed E-state index contributed by atoms with van der Waals surface area (Å²) in [6.45, 7) is 4.60. The summed E-state index contributed by atoms with van der Waals surface area (Å²) in [6, 6.07) is 0.988. The number of hydrogen-bond donors (Lipinski definition) is 3. The zero-order valence-corrected chi connectivity index (χ0v) is 19.2. The van der Waals surface area contributed by atoms with E-state index in [9.17, 15) is 18.3 Å². The smallest absolute Gasteiger partial charge is 0.396 e. The molecule has 1 saturated heterocycles. The van der Waals surface area contributed by atoms with Crippen LogP contribution in [0.4, 0.5) is 19.0 Å². The first-order valence-corrected chi connectivity index (χ1v) is 9.77. The number of halogens is 5. The van der Waals surface area contributed by atoms with Gasteiger partial charge < -0.3 is 20.6 Å². The summed E-state index contributed by atoms with van der Waals surface area (Å²) >= 11 is 6.06. The minimum Gasteiger partial charge on any atom is -0.396 e. The summed E-state index contributed by atoms with van der Waals surface area (Å²) in [7, 11) is 0. The number of aliphatic imine (C=N–C) groups is 1. The molecule has 3 rings (SSSR count). The molecular formula is C18H26ClF3IN5O. The number of alkyl halides is 3. The van der Waals surface area contributed by atoms with Gasteiger partial charge in [0.05, 0.1) is 23.7 Å². The fourth-order valence-corrected chi connectivity index (χ4v) is 3.48. The second kappa shape index (κ2) is 9.86. The molecule has 11 heteroatoms. The molecule has 0 spiro atoms. The van der Waals surface area contributed by atoms with Crippen LogP contribution >= 0.6 is 35.6 Å². The lowest BCUT2D eigenvalue weighted by molar-refractivity contribution is -0.137. The van der Waals surface area contributed by atoms with Gasteiger partial charge in [-0.3, -0.25) is 4.99 Å². The predicted molar refractivity (Wildman–Crippen MR) is 118 cm³/mol. The van der Waals surface area contributed by atoms with Crippen molar-refractivity contribution < 1.29 is 18.3 Å². The Bertz CT molecular complexity index is 730. The standard InChI is InChI=1S/C18H25ClF3N5O.HI/c1-2-23-16(25-10-17(11-28)4-5-17)26-13-3-6-27(9-13)15-14(19)7-12(8-24-15)18(20,21)22;/h7-8,13,28H,2-6,9-11H2,1H3,(H2,23,25,26);1H. The second-order valence-corrected chi connectivity index (χ2v) is 7.86. The highest BCUT2D eigenvalue weighted by atomic mass is 127. The predicted octanol–water partition coefficient (Wildman–Crippen LogP) is 3.28. The van der Waals surface area contributed by atoms with Crippen molar-refractivity contribution in [2.75, 3.05) is 37.7 Å². The SMILES string of the molecule is CCNC(=NCC1(CO)CC1)NC1CCN(c2ncc(C(F)(F)F)cc2Cl)C1.I. The van der Waals surface area contributed by atoms with Gasteiger partial charge in [0.15, 0.2) is 5.96 Å². The minimum absolute atomic E-state index is 0. The van der Waals surface area contributed by atoms with Crippen LogP contribution in [0, 0.1) is 5.41 Å². The van der Waals surface area contributed by atoms with Crippen molar-refractivity contribution >= 4 is 47.4 Å². The van der Waals surface area contributed by atoms with E-state index in [0.29, 0.717) is 38.0 Å². The van der Waals surface area contributed by atoms with Gasteiger partial charge in [-0.1, -0.05) is 11.6 Å². The molecule has 0 amide bonds. The molecule has 6 nitrogen and oxygen atoms in total. The number of guanidine groups is 1. The Balaban J connectivity index is 0.00000300. The maximum atomic E-state index is 12.8. The van der Waals surface area contributed by atoms with Crippen LogP contribution in [0.15, 0.2) is 17.3 Å². The first-order chi connectivity index (χ1) is 13.3. The number of anilines is 1. The highest BCUT2D eigenvalue weighted by Crippen LogP contribution is 2.45. The van der Waals surface area contributed by atoms with Crippen LogP contribution < -0.4 is 15.5 Å². The van der Waals surface area contributed by atoms with Crippen molar-refractivity contribution in [1.29, 1.82) is 0 Å². The van der Waals surface area contributed by atoms with Gasteiger partial charge in [-0.2, -0.15) is 13.2 Å².